The van der Waals surface area contributed by atoms with Crippen molar-refractivity contribution in [1.29, 1.82) is 0 Å². The Morgan fingerprint density at radius 2 is 2.33 bits per heavy atom. The number of carbonyl (C=O) groups is 1. The number of ketones is 1. The van der Waals surface area contributed by atoms with Gasteiger partial charge < -0.3 is 0 Å². The fourth-order valence-corrected chi connectivity index (χ4v) is 2.66. The number of Topliss-reactive ketones (excluding diaryl/α,β-unsaturated/α-hetero) is 1. The highest BCUT2D eigenvalue weighted by molar-refractivity contribution is 5.97. The first-order chi connectivity index (χ1) is 8.69. The van der Waals surface area contributed by atoms with Crippen molar-refractivity contribution in [2.45, 2.75) is 26.2 Å². The van der Waals surface area contributed by atoms with Crippen molar-refractivity contribution in [3.8, 4) is 0 Å². The molecule has 1 aliphatic rings. The zero-order valence-electron chi connectivity index (χ0n) is 10.9. The Morgan fingerprint density at radius 1 is 1.50 bits per heavy atom. The number of hydrogen-bond acceptors (Lipinski definition) is 2. The molecule has 18 heavy (non-hydrogen) atoms. The van der Waals surface area contributed by atoms with Gasteiger partial charge in [0, 0.05) is 12.1 Å². The second-order valence-electron chi connectivity index (χ2n) is 5.11. The topological polar surface area (TPSA) is 20.3 Å². The summed E-state index contributed by atoms with van der Waals surface area (Å²) in [7, 11) is 0. The predicted octanol–water partition coefficient (Wildman–Crippen LogP) is 3.13. The molecule has 1 aromatic carbocycles. The molecule has 1 unspecified atom stereocenters. The minimum atomic E-state index is -0.342. The van der Waals surface area contributed by atoms with E-state index in [1.165, 1.54) is 31.4 Å². The first-order valence-electron chi connectivity index (χ1n) is 6.70. The number of nitrogens with zero attached hydrogens (tertiary/aromatic N) is 1. The smallest absolute Gasteiger partial charge is 0.176 e. The van der Waals surface area contributed by atoms with Crippen molar-refractivity contribution >= 4 is 5.78 Å². The number of rotatable bonds is 5. The minimum absolute atomic E-state index is 0.0200. The highest BCUT2D eigenvalue weighted by atomic mass is 19.1. The van der Waals surface area contributed by atoms with Gasteiger partial charge in [0.2, 0.25) is 0 Å². The Balaban J connectivity index is 1.89. The second kappa shape index (κ2) is 6.10. The molecule has 2 rings (SSSR count). The van der Waals surface area contributed by atoms with Gasteiger partial charge in [-0.15, -0.1) is 0 Å². The molecule has 1 heterocycles. The summed E-state index contributed by atoms with van der Waals surface area (Å²) in [6.07, 6.45) is 3.63. The molecule has 0 saturated carbocycles. The SMILES string of the molecule is CCCC1CCN(CC(=O)c2cccc(F)c2)C1. The van der Waals surface area contributed by atoms with Crippen LogP contribution in [0, 0.1) is 11.7 Å². The van der Waals surface area contributed by atoms with Crippen LogP contribution in [-0.2, 0) is 0 Å². The third-order valence-electron chi connectivity index (χ3n) is 3.58. The molecule has 1 aromatic rings. The summed E-state index contributed by atoms with van der Waals surface area (Å²) in [4.78, 5) is 14.2. The molecule has 1 saturated heterocycles. The van der Waals surface area contributed by atoms with Crippen molar-refractivity contribution < 1.29 is 9.18 Å². The molecule has 0 radical (unpaired) electrons. The molecule has 0 spiro atoms. The molecule has 0 aromatic heterocycles. The van der Waals surface area contributed by atoms with E-state index in [1.807, 2.05) is 0 Å². The number of likely N-dealkylation sites (tertiary alicyclic amines) is 1. The van der Waals surface area contributed by atoms with Crippen molar-refractivity contribution in [2.75, 3.05) is 19.6 Å². The first kappa shape index (κ1) is 13.2. The summed E-state index contributed by atoms with van der Waals surface area (Å²) in [5, 5.41) is 0. The van der Waals surface area contributed by atoms with Crippen LogP contribution in [0.2, 0.25) is 0 Å². The van der Waals surface area contributed by atoms with Crippen molar-refractivity contribution in [1.82, 2.24) is 4.90 Å². The van der Waals surface area contributed by atoms with Gasteiger partial charge in [-0.05, 0) is 37.4 Å². The van der Waals surface area contributed by atoms with E-state index in [1.54, 1.807) is 12.1 Å². The van der Waals surface area contributed by atoms with Gasteiger partial charge in [0.05, 0.1) is 6.54 Å². The van der Waals surface area contributed by atoms with E-state index >= 15 is 0 Å². The van der Waals surface area contributed by atoms with Gasteiger partial charge in [0.1, 0.15) is 5.82 Å². The lowest BCUT2D eigenvalue weighted by Gasteiger charge is -2.14. The number of carbonyl (C=O) groups excluding carboxylic acids is 1. The Morgan fingerprint density at radius 3 is 3.06 bits per heavy atom. The van der Waals surface area contributed by atoms with Crippen LogP contribution in [0.1, 0.15) is 36.5 Å². The van der Waals surface area contributed by atoms with Gasteiger partial charge >= 0.3 is 0 Å². The van der Waals surface area contributed by atoms with Gasteiger partial charge in [0.25, 0.3) is 0 Å². The molecule has 3 heteroatoms. The molecular formula is C15H20FNO. The lowest BCUT2D eigenvalue weighted by Crippen LogP contribution is -2.27. The molecule has 1 atom stereocenters. The molecule has 98 valence electrons. The van der Waals surface area contributed by atoms with Crippen LogP contribution < -0.4 is 0 Å². The Hall–Kier alpha value is -1.22. The largest absolute Gasteiger partial charge is 0.296 e. The van der Waals surface area contributed by atoms with Crippen LogP contribution in [0.3, 0.4) is 0 Å². The van der Waals surface area contributed by atoms with Gasteiger partial charge in [-0.1, -0.05) is 25.5 Å². The molecule has 2 nitrogen and oxygen atoms in total. The van der Waals surface area contributed by atoms with Crippen molar-refractivity contribution in [3.63, 3.8) is 0 Å². The Kier molecular flexibility index (Phi) is 4.48. The van der Waals surface area contributed by atoms with Crippen LogP contribution in [-0.4, -0.2) is 30.3 Å². The molecule has 1 aliphatic heterocycles. The zero-order chi connectivity index (χ0) is 13.0. The monoisotopic (exact) mass is 249 g/mol. The maximum absolute atomic E-state index is 13.0. The van der Waals surface area contributed by atoms with E-state index in [0.29, 0.717) is 12.1 Å². The zero-order valence-corrected chi connectivity index (χ0v) is 10.9. The average Bonchev–Trinajstić information content (AvgIpc) is 2.77. The lowest BCUT2D eigenvalue weighted by atomic mass is 10.0. The first-order valence-corrected chi connectivity index (χ1v) is 6.70. The van der Waals surface area contributed by atoms with E-state index in [4.69, 9.17) is 0 Å². The van der Waals surface area contributed by atoms with Gasteiger partial charge in [-0.2, -0.15) is 0 Å². The molecule has 0 aliphatic carbocycles. The third-order valence-corrected chi connectivity index (χ3v) is 3.58. The standard InChI is InChI=1S/C15H20FNO/c1-2-4-12-7-8-17(10-12)11-15(18)13-5-3-6-14(16)9-13/h3,5-6,9,12H,2,4,7-8,10-11H2,1H3. The van der Waals surface area contributed by atoms with Crippen LogP contribution in [0.5, 0.6) is 0 Å². The van der Waals surface area contributed by atoms with Gasteiger partial charge in [-0.25, -0.2) is 4.39 Å². The molecule has 1 fully saturated rings. The average molecular weight is 249 g/mol. The predicted molar refractivity (Wildman–Crippen MR) is 70.2 cm³/mol. The summed E-state index contributed by atoms with van der Waals surface area (Å²) in [6, 6.07) is 5.96. The Bertz CT molecular complexity index is 419. The van der Waals surface area contributed by atoms with Crippen molar-refractivity contribution in [2.24, 2.45) is 5.92 Å². The van der Waals surface area contributed by atoms with E-state index in [-0.39, 0.29) is 11.6 Å². The summed E-state index contributed by atoms with van der Waals surface area (Å²) in [6.45, 7) is 4.62. The van der Waals surface area contributed by atoms with Gasteiger partial charge in [0.15, 0.2) is 5.78 Å². The number of halogens is 1. The quantitative estimate of drug-likeness (QED) is 0.747. The maximum atomic E-state index is 13.0. The number of benzene rings is 1. The highest BCUT2D eigenvalue weighted by Gasteiger charge is 2.23. The van der Waals surface area contributed by atoms with Crippen LogP contribution in [0.25, 0.3) is 0 Å². The molecule has 0 N–H and O–H groups in total. The van der Waals surface area contributed by atoms with E-state index in [0.717, 1.165) is 19.0 Å². The van der Waals surface area contributed by atoms with Crippen LogP contribution in [0.15, 0.2) is 24.3 Å². The fourth-order valence-electron chi connectivity index (χ4n) is 2.66. The maximum Gasteiger partial charge on any atom is 0.176 e. The third kappa shape index (κ3) is 3.39. The van der Waals surface area contributed by atoms with E-state index in [9.17, 15) is 9.18 Å². The Labute approximate surface area is 108 Å². The molecule has 0 amide bonds. The molecular weight excluding hydrogens is 229 g/mol. The summed E-state index contributed by atoms with van der Waals surface area (Å²) < 4.78 is 13.0. The second-order valence-corrected chi connectivity index (χ2v) is 5.11. The normalized spacial score (nSPS) is 20.2. The van der Waals surface area contributed by atoms with Gasteiger partial charge in [-0.3, -0.25) is 9.69 Å². The van der Waals surface area contributed by atoms with Crippen LogP contribution >= 0.6 is 0 Å². The fraction of sp³-hybridized carbons (Fsp3) is 0.533. The lowest BCUT2D eigenvalue weighted by molar-refractivity contribution is 0.0942. The highest BCUT2D eigenvalue weighted by Crippen LogP contribution is 2.21. The van der Waals surface area contributed by atoms with E-state index < -0.39 is 0 Å². The summed E-state index contributed by atoms with van der Waals surface area (Å²) >= 11 is 0. The molecule has 0 bridgehead atoms. The van der Waals surface area contributed by atoms with E-state index in [2.05, 4.69) is 11.8 Å². The summed E-state index contributed by atoms with van der Waals surface area (Å²) in [5.74, 6) is 0.410. The minimum Gasteiger partial charge on any atom is -0.296 e. The number of hydrogen-bond donors (Lipinski definition) is 0. The van der Waals surface area contributed by atoms with Crippen molar-refractivity contribution in [3.05, 3.63) is 35.6 Å². The van der Waals surface area contributed by atoms with Crippen LogP contribution in [0.4, 0.5) is 4.39 Å². The summed E-state index contributed by atoms with van der Waals surface area (Å²) in [5.41, 5.74) is 0.481.